The highest BCUT2D eigenvalue weighted by molar-refractivity contribution is 5.87. The monoisotopic (exact) mass is 300 g/mol. The fourth-order valence-electron chi connectivity index (χ4n) is 6.38. The molecular formula is C20H28O2. The SMILES string of the molecule is COC1=CCC2=C(CC[C@@H]3[C@@H]2[C@@H](C)C[C@]2(C)C(=O)CC[C@@H]32)C1. The summed E-state index contributed by atoms with van der Waals surface area (Å²) >= 11 is 0. The van der Waals surface area contributed by atoms with Crippen LogP contribution in [0.1, 0.15) is 58.8 Å². The third-order valence-electron chi connectivity index (χ3n) is 7.31. The largest absolute Gasteiger partial charge is 0.501 e. The number of ether oxygens (including phenoxy) is 1. The van der Waals surface area contributed by atoms with Crippen LogP contribution in [-0.4, -0.2) is 12.9 Å². The van der Waals surface area contributed by atoms with Crippen molar-refractivity contribution in [3.05, 3.63) is 23.0 Å². The van der Waals surface area contributed by atoms with Crippen LogP contribution >= 0.6 is 0 Å². The third-order valence-corrected chi connectivity index (χ3v) is 7.31. The molecule has 22 heavy (non-hydrogen) atoms. The van der Waals surface area contributed by atoms with E-state index in [9.17, 15) is 4.79 Å². The highest BCUT2D eigenvalue weighted by Gasteiger charge is 2.57. The van der Waals surface area contributed by atoms with Crippen LogP contribution in [0.3, 0.4) is 0 Å². The molecule has 4 rings (SSSR count). The van der Waals surface area contributed by atoms with Crippen molar-refractivity contribution in [2.24, 2.45) is 29.1 Å². The molecule has 0 saturated heterocycles. The fourth-order valence-corrected chi connectivity index (χ4v) is 6.38. The first kappa shape index (κ1) is 14.5. The Kier molecular flexibility index (Phi) is 3.29. The number of allylic oxidation sites excluding steroid dienone is 3. The number of carbonyl (C=O) groups is 1. The predicted molar refractivity (Wildman–Crippen MR) is 87.2 cm³/mol. The van der Waals surface area contributed by atoms with E-state index >= 15 is 0 Å². The van der Waals surface area contributed by atoms with Gasteiger partial charge in [0.15, 0.2) is 0 Å². The molecule has 4 aliphatic rings. The lowest BCUT2D eigenvalue weighted by Gasteiger charge is -2.52. The van der Waals surface area contributed by atoms with Gasteiger partial charge in [-0.25, -0.2) is 0 Å². The first-order valence-electron chi connectivity index (χ1n) is 9.01. The Balaban J connectivity index is 1.67. The van der Waals surface area contributed by atoms with Gasteiger partial charge in [0.1, 0.15) is 5.78 Å². The zero-order chi connectivity index (χ0) is 15.5. The normalized spacial score (nSPS) is 44.1. The summed E-state index contributed by atoms with van der Waals surface area (Å²) < 4.78 is 5.48. The fraction of sp³-hybridized carbons (Fsp3) is 0.750. The maximum atomic E-state index is 12.5. The number of fused-ring (bicyclic) bond motifs is 4. The van der Waals surface area contributed by atoms with E-state index in [4.69, 9.17) is 4.74 Å². The molecule has 0 N–H and O–H groups in total. The van der Waals surface area contributed by atoms with Gasteiger partial charge in [-0.15, -0.1) is 0 Å². The summed E-state index contributed by atoms with van der Waals surface area (Å²) in [6.45, 7) is 4.67. The molecule has 0 amide bonds. The van der Waals surface area contributed by atoms with E-state index in [1.54, 1.807) is 18.3 Å². The average molecular weight is 300 g/mol. The van der Waals surface area contributed by atoms with Crippen molar-refractivity contribution < 1.29 is 9.53 Å². The standard InChI is InChI=1S/C20H28O2/c1-12-11-20(2)17(8-9-18(20)21)16-6-4-13-10-14(22-3)5-7-15(13)19(12)16/h5,12,16-17,19H,4,6-11H2,1-3H3/t12-,16-,17-,19+,20-/m0/s1. The minimum absolute atomic E-state index is 0.0131. The van der Waals surface area contributed by atoms with Gasteiger partial charge in [-0.05, 0) is 61.9 Å². The van der Waals surface area contributed by atoms with Crippen LogP contribution in [0.2, 0.25) is 0 Å². The maximum Gasteiger partial charge on any atom is 0.139 e. The Morgan fingerprint density at radius 1 is 1.27 bits per heavy atom. The molecule has 2 nitrogen and oxygen atoms in total. The number of hydrogen-bond acceptors (Lipinski definition) is 2. The van der Waals surface area contributed by atoms with Crippen LogP contribution < -0.4 is 0 Å². The molecule has 2 saturated carbocycles. The minimum Gasteiger partial charge on any atom is -0.501 e. The zero-order valence-electron chi connectivity index (χ0n) is 14.2. The minimum atomic E-state index is -0.0131. The van der Waals surface area contributed by atoms with Crippen LogP contribution in [0.25, 0.3) is 0 Å². The molecule has 5 atom stereocenters. The first-order chi connectivity index (χ1) is 10.5. The van der Waals surface area contributed by atoms with Crippen LogP contribution in [-0.2, 0) is 9.53 Å². The topological polar surface area (TPSA) is 26.3 Å². The molecule has 0 aromatic heterocycles. The van der Waals surface area contributed by atoms with Gasteiger partial charge in [-0.2, -0.15) is 0 Å². The molecule has 120 valence electrons. The van der Waals surface area contributed by atoms with Crippen molar-refractivity contribution in [2.45, 2.75) is 58.8 Å². The second-order valence-corrected chi connectivity index (χ2v) is 8.28. The van der Waals surface area contributed by atoms with Crippen LogP contribution in [0.5, 0.6) is 0 Å². The molecule has 0 unspecified atom stereocenters. The quantitative estimate of drug-likeness (QED) is 0.658. The third kappa shape index (κ3) is 1.88. The Bertz CT molecular complexity index is 570. The van der Waals surface area contributed by atoms with Gasteiger partial charge >= 0.3 is 0 Å². The van der Waals surface area contributed by atoms with Crippen molar-refractivity contribution in [1.29, 1.82) is 0 Å². The molecule has 0 aromatic carbocycles. The molecule has 0 spiro atoms. The summed E-state index contributed by atoms with van der Waals surface area (Å²) in [6.07, 6.45) is 10.0. The Hall–Kier alpha value is -1.05. The summed E-state index contributed by atoms with van der Waals surface area (Å²) in [5, 5.41) is 0. The lowest BCUT2D eigenvalue weighted by atomic mass is 9.51. The van der Waals surface area contributed by atoms with E-state index in [2.05, 4.69) is 19.9 Å². The predicted octanol–water partition coefficient (Wildman–Crippen LogP) is 4.66. The molecular weight excluding hydrogens is 272 g/mol. The first-order valence-corrected chi connectivity index (χ1v) is 9.01. The summed E-state index contributed by atoms with van der Waals surface area (Å²) in [6, 6.07) is 0. The zero-order valence-corrected chi connectivity index (χ0v) is 14.2. The highest BCUT2D eigenvalue weighted by atomic mass is 16.5. The maximum absolute atomic E-state index is 12.5. The van der Waals surface area contributed by atoms with Gasteiger partial charge in [0.25, 0.3) is 0 Å². The smallest absolute Gasteiger partial charge is 0.139 e. The molecule has 2 heteroatoms. The average Bonchev–Trinajstić information content (AvgIpc) is 2.81. The summed E-state index contributed by atoms with van der Waals surface area (Å²) in [7, 11) is 1.79. The van der Waals surface area contributed by atoms with Gasteiger partial charge < -0.3 is 4.74 Å². The van der Waals surface area contributed by atoms with Crippen molar-refractivity contribution >= 4 is 5.78 Å². The van der Waals surface area contributed by atoms with Gasteiger partial charge in [0.05, 0.1) is 12.9 Å². The Morgan fingerprint density at radius 2 is 2.09 bits per heavy atom. The molecule has 0 heterocycles. The van der Waals surface area contributed by atoms with E-state index in [1.807, 2.05) is 0 Å². The lowest BCUT2D eigenvalue weighted by Crippen LogP contribution is -2.47. The number of rotatable bonds is 1. The molecule has 0 bridgehead atoms. The van der Waals surface area contributed by atoms with E-state index in [1.165, 1.54) is 12.8 Å². The van der Waals surface area contributed by atoms with Gasteiger partial charge in [0, 0.05) is 18.3 Å². The van der Waals surface area contributed by atoms with Crippen molar-refractivity contribution in [3.63, 3.8) is 0 Å². The Labute approximate surface area is 134 Å². The number of hydrogen-bond donors (Lipinski definition) is 0. The van der Waals surface area contributed by atoms with E-state index in [0.717, 1.165) is 49.7 Å². The molecule has 0 radical (unpaired) electrons. The van der Waals surface area contributed by atoms with Crippen LogP contribution in [0, 0.1) is 29.1 Å². The lowest BCUT2D eigenvalue weighted by molar-refractivity contribution is -0.131. The number of Topliss-reactive ketones (excluding diaryl/α,β-unsaturated/α-hetero) is 1. The number of carbonyl (C=O) groups excluding carboxylic acids is 1. The van der Waals surface area contributed by atoms with Crippen LogP contribution in [0.4, 0.5) is 0 Å². The van der Waals surface area contributed by atoms with Gasteiger partial charge in [-0.3, -0.25) is 4.79 Å². The van der Waals surface area contributed by atoms with Crippen molar-refractivity contribution in [2.75, 3.05) is 7.11 Å². The number of ketones is 1. The summed E-state index contributed by atoms with van der Waals surface area (Å²) in [5.41, 5.74) is 3.35. The summed E-state index contributed by atoms with van der Waals surface area (Å²) in [5.74, 6) is 4.47. The van der Waals surface area contributed by atoms with E-state index in [-0.39, 0.29) is 5.41 Å². The molecule has 4 aliphatic carbocycles. The van der Waals surface area contributed by atoms with Gasteiger partial charge in [-0.1, -0.05) is 25.0 Å². The van der Waals surface area contributed by atoms with Crippen molar-refractivity contribution in [1.82, 2.24) is 0 Å². The number of methoxy groups -OCH3 is 1. The van der Waals surface area contributed by atoms with Crippen molar-refractivity contribution in [3.8, 4) is 0 Å². The summed E-state index contributed by atoms with van der Waals surface area (Å²) in [4.78, 5) is 12.5. The molecule has 0 aromatic rings. The second-order valence-electron chi connectivity index (χ2n) is 8.28. The second kappa shape index (κ2) is 4.97. The van der Waals surface area contributed by atoms with E-state index < -0.39 is 0 Å². The highest BCUT2D eigenvalue weighted by Crippen LogP contribution is 2.61. The van der Waals surface area contributed by atoms with Gasteiger partial charge in [0.2, 0.25) is 0 Å². The van der Waals surface area contributed by atoms with Crippen LogP contribution in [0.15, 0.2) is 23.0 Å². The van der Waals surface area contributed by atoms with E-state index in [0.29, 0.717) is 17.6 Å². The molecule has 0 aliphatic heterocycles. The molecule has 2 fully saturated rings. The Morgan fingerprint density at radius 3 is 2.86 bits per heavy atom.